The van der Waals surface area contributed by atoms with Gasteiger partial charge in [-0.25, -0.2) is 4.99 Å². The maximum Gasteiger partial charge on any atom is 0.280 e. The molecule has 4 heteroatoms. The van der Waals surface area contributed by atoms with Gasteiger partial charge in [0.25, 0.3) is 5.91 Å². The van der Waals surface area contributed by atoms with E-state index in [1.807, 2.05) is 0 Å². The Morgan fingerprint density at radius 3 is 3.17 bits per heavy atom. The van der Waals surface area contributed by atoms with Gasteiger partial charge < -0.3 is 0 Å². The van der Waals surface area contributed by atoms with E-state index in [0.29, 0.717) is 11.3 Å². The molecule has 2 aliphatic rings. The van der Waals surface area contributed by atoms with Crippen molar-refractivity contribution in [3.8, 4) is 0 Å². The highest BCUT2D eigenvalue weighted by Crippen LogP contribution is 2.16. The number of carbonyl (C=O) groups is 1. The van der Waals surface area contributed by atoms with Gasteiger partial charge in [-0.2, -0.15) is 4.99 Å². The Bertz CT molecular complexity index is 352. The lowest BCUT2D eigenvalue weighted by Gasteiger charge is -2.12. The topological polar surface area (TPSA) is 41.8 Å². The van der Waals surface area contributed by atoms with Crippen molar-refractivity contribution in [3.63, 3.8) is 0 Å². The van der Waals surface area contributed by atoms with Gasteiger partial charge >= 0.3 is 0 Å². The summed E-state index contributed by atoms with van der Waals surface area (Å²) in [5.41, 5.74) is 1.15. The van der Waals surface area contributed by atoms with Crippen molar-refractivity contribution in [2.45, 2.75) is 5.38 Å². The molecule has 0 N–H and O–H groups in total. The molecule has 1 unspecified atom stereocenters. The van der Waals surface area contributed by atoms with Crippen LogP contribution in [0.3, 0.4) is 0 Å². The van der Waals surface area contributed by atoms with Crippen molar-refractivity contribution in [2.75, 3.05) is 0 Å². The first-order valence-electron chi connectivity index (χ1n) is 3.46. The molecule has 0 aromatic carbocycles. The molecular weight excluding hydrogens is 176 g/mol. The van der Waals surface area contributed by atoms with Crippen LogP contribution in [0, 0.1) is 0 Å². The summed E-state index contributed by atoms with van der Waals surface area (Å²) in [4.78, 5) is 18.6. The van der Waals surface area contributed by atoms with Crippen molar-refractivity contribution in [1.82, 2.24) is 0 Å². The predicted octanol–water partition coefficient (Wildman–Crippen LogP) is 1.10. The Labute approximate surface area is 74.2 Å². The first kappa shape index (κ1) is 7.43. The molecule has 2 rings (SSSR count). The molecule has 0 bridgehead atoms. The minimum atomic E-state index is -0.269. The molecule has 0 radical (unpaired) electrons. The van der Waals surface area contributed by atoms with E-state index >= 15 is 0 Å². The Hall–Kier alpha value is -1.22. The third-order valence-electron chi connectivity index (χ3n) is 1.64. The smallest absolute Gasteiger partial charge is 0.267 e. The van der Waals surface area contributed by atoms with Gasteiger partial charge in [0.05, 0.1) is 16.7 Å². The number of hydrogen-bond donors (Lipinski definition) is 0. The standard InChI is InChI=1S/C8H5ClN2O/c9-5-1-2-7-6(3-5)8(12)11-4-10-7/h1-5H. The van der Waals surface area contributed by atoms with Gasteiger partial charge in [-0.15, -0.1) is 11.6 Å². The maximum absolute atomic E-state index is 11.1. The largest absolute Gasteiger partial charge is 0.280 e. The van der Waals surface area contributed by atoms with Crippen LogP contribution in [-0.2, 0) is 4.79 Å². The van der Waals surface area contributed by atoms with Gasteiger partial charge in [0.15, 0.2) is 0 Å². The van der Waals surface area contributed by atoms with E-state index in [0.717, 1.165) is 0 Å². The van der Waals surface area contributed by atoms with E-state index in [1.54, 1.807) is 18.2 Å². The number of fused-ring (bicyclic) bond motifs is 1. The highest BCUT2D eigenvalue weighted by molar-refractivity contribution is 6.33. The Morgan fingerprint density at radius 2 is 2.33 bits per heavy atom. The van der Waals surface area contributed by atoms with Gasteiger partial charge in [0.2, 0.25) is 0 Å². The Kier molecular flexibility index (Phi) is 1.66. The molecule has 0 saturated heterocycles. The lowest BCUT2D eigenvalue weighted by atomic mass is 10.0. The van der Waals surface area contributed by atoms with E-state index in [1.165, 1.54) is 6.34 Å². The lowest BCUT2D eigenvalue weighted by molar-refractivity contribution is -0.113. The van der Waals surface area contributed by atoms with Crippen molar-refractivity contribution >= 4 is 29.6 Å². The second-order valence-electron chi connectivity index (χ2n) is 2.45. The molecule has 1 aliphatic carbocycles. The van der Waals surface area contributed by atoms with Crippen molar-refractivity contribution in [1.29, 1.82) is 0 Å². The Balaban J connectivity index is 2.46. The van der Waals surface area contributed by atoms with Crippen LogP contribution in [0.25, 0.3) is 0 Å². The number of carbonyl (C=O) groups excluding carboxylic acids is 1. The van der Waals surface area contributed by atoms with E-state index in [9.17, 15) is 4.79 Å². The number of rotatable bonds is 0. The second-order valence-corrected chi connectivity index (χ2v) is 2.95. The molecule has 1 amide bonds. The van der Waals surface area contributed by atoms with Crippen LogP contribution in [0.2, 0.25) is 0 Å². The zero-order chi connectivity index (χ0) is 8.55. The molecular formula is C8H5ClN2O. The van der Waals surface area contributed by atoms with E-state index in [2.05, 4.69) is 9.98 Å². The minimum absolute atomic E-state index is 0.226. The molecule has 12 heavy (non-hydrogen) atoms. The molecule has 1 aliphatic heterocycles. The van der Waals surface area contributed by atoms with Gasteiger partial charge in [0, 0.05) is 0 Å². The van der Waals surface area contributed by atoms with Crippen LogP contribution in [0.5, 0.6) is 0 Å². The van der Waals surface area contributed by atoms with Gasteiger partial charge in [0.1, 0.15) is 6.34 Å². The van der Waals surface area contributed by atoms with Crippen LogP contribution in [-0.4, -0.2) is 23.3 Å². The Morgan fingerprint density at radius 1 is 1.50 bits per heavy atom. The number of amides is 1. The summed E-state index contributed by atoms with van der Waals surface area (Å²) >= 11 is 5.78. The average molecular weight is 181 g/mol. The SMILES string of the molecule is O=C1N=CN=C2C=CC(Cl)C=C12. The van der Waals surface area contributed by atoms with Gasteiger partial charge in [-0.3, -0.25) is 4.79 Å². The molecule has 1 atom stereocenters. The summed E-state index contributed by atoms with van der Waals surface area (Å²) in [5, 5.41) is -0.226. The van der Waals surface area contributed by atoms with Crippen LogP contribution < -0.4 is 0 Å². The summed E-state index contributed by atoms with van der Waals surface area (Å²) < 4.78 is 0. The van der Waals surface area contributed by atoms with E-state index in [-0.39, 0.29) is 11.3 Å². The van der Waals surface area contributed by atoms with Gasteiger partial charge in [-0.05, 0) is 12.2 Å². The average Bonchev–Trinajstić information content (AvgIpc) is 2.07. The summed E-state index contributed by atoms with van der Waals surface area (Å²) in [5.74, 6) is -0.269. The van der Waals surface area contributed by atoms with E-state index < -0.39 is 0 Å². The van der Waals surface area contributed by atoms with Crippen LogP contribution in [0.4, 0.5) is 0 Å². The molecule has 0 spiro atoms. The molecule has 0 aromatic rings. The van der Waals surface area contributed by atoms with Crippen molar-refractivity contribution in [2.24, 2.45) is 9.98 Å². The summed E-state index contributed by atoms with van der Waals surface area (Å²) in [6.07, 6.45) is 6.42. The maximum atomic E-state index is 11.1. The zero-order valence-corrected chi connectivity index (χ0v) is 6.82. The fourth-order valence-corrected chi connectivity index (χ4v) is 1.28. The number of alkyl halides is 1. The minimum Gasteiger partial charge on any atom is -0.267 e. The normalized spacial score (nSPS) is 26.4. The van der Waals surface area contributed by atoms with Crippen LogP contribution >= 0.6 is 11.6 Å². The third kappa shape index (κ3) is 1.12. The van der Waals surface area contributed by atoms with Crippen LogP contribution in [0.1, 0.15) is 0 Å². The number of allylic oxidation sites excluding steroid dienone is 3. The zero-order valence-electron chi connectivity index (χ0n) is 6.07. The number of hydrogen-bond acceptors (Lipinski definition) is 2. The number of halogens is 1. The highest BCUT2D eigenvalue weighted by atomic mass is 35.5. The predicted molar refractivity (Wildman–Crippen MR) is 47.8 cm³/mol. The first-order chi connectivity index (χ1) is 5.77. The second kappa shape index (κ2) is 2.68. The lowest BCUT2D eigenvalue weighted by Crippen LogP contribution is -2.18. The number of aliphatic imine (C=N–C) groups is 2. The molecule has 0 fully saturated rings. The fraction of sp³-hybridized carbons (Fsp3) is 0.125. The quantitative estimate of drug-likeness (QED) is 0.515. The first-order valence-corrected chi connectivity index (χ1v) is 3.90. The molecule has 3 nitrogen and oxygen atoms in total. The third-order valence-corrected chi connectivity index (χ3v) is 1.91. The monoisotopic (exact) mass is 180 g/mol. The van der Waals surface area contributed by atoms with Crippen LogP contribution in [0.15, 0.2) is 33.8 Å². The molecule has 0 aromatic heterocycles. The van der Waals surface area contributed by atoms with Crippen molar-refractivity contribution < 1.29 is 4.79 Å². The summed E-state index contributed by atoms with van der Waals surface area (Å²) in [6, 6.07) is 0. The number of nitrogens with zero attached hydrogens (tertiary/aromatic N) is 2. The molecule has 60 valence electrons. The van der Waals surface area contributed by atoms with Crippen molar-refractivity contribution in [3.05, 3.63) is 23.8 Å². The van der Waals surface area contributed by atoms with E-state index in [4.69, 9.17) is 11.6 Å². The molecule has 0 saturated carbocycles. The summed E-state index contributed by atoms with van der Waals surface area (Å²) in [6.45, 7) is 0. The molecule has 1 heterocycles. The van der Waals surface area contributed by atoms with Gasteiger partial charge in [-0.1, -0.05) is 6.08 Å². The highest BCUT2D eigenvalue weighted by Gasteiger charge is 2.20. The summed E-state index contributed by atoms with van der Waals surface area (Å²) in [7, 11) is 0. The fourth-order valence-electron chi connectivity index (χ4n) is 1.08.